The lowest BCUT2D eigenvalue weighted by atomic mass is 9.94. The van der Waals surface area contributed by atoms with E-state index in [0.717, 1.165) is 12.8 Å². The van der Waals surface area contributed by atoms with Crippen molar-refractivity contribution in [2.45, 2.75) is 38.1 Å². The van der Waals surface area contributed by atoms with Gasteiger partial charge in [0.25, 0.3) is 5.91 Å². The highest BCUT2D eigenvalue weighted by atomic mass is 16.2. The summed E-state index contributed by atoms with van der Waals surface area (Å²) in [6, 6.07) is 3.69. The van der Waals surface area contributed by atoms with Crippen molar-refractivity contribution < 1.29 is 4.79 Å². The topological polar surface area (TPSA) is 59.2 Å². The molecule has 0 radical (unpaired) electrons. The van der Waals surface area contributed by atoms with Crippen LogP contribution in [-0.4, -0.2) is 28.9 Å². The van der Waals surface area contributed by atoms with Gasteiger partial charge in [-0.15, -0.1) is 0 Å². The van der Waals surface area contributed by atoms with E-state index in [1.807, 2.05) is 11.9 Å². The summed E-state index contributed by atoms with van der Waals surface area (Å²) in [5.74, 6) is -0.0239. The molecule has 0 saturated heterocycles. The number of carbonyl (C=O) groups excluding carboxylic acids is 1. The summed E-state index contributed by atoms with van der Waals surface area (Å²) in [4.78, 5) is 18.1. The molecule has 1 heterocycles. The van der Waals surface area contributed by atoms with Crippen molar-refractivity contribution in [3.05, 3.63) is 24.0 Å². The molecule has 4 heteroatoms. The van der Waals surface area contributed by atoms with Gasteiger partial charge in [-0.05, 0) is 25.0 Å². The number of carbonyl (C=O) groups is 1. The number of anilines is 1. The summed E-state index contributed by atoms with van der Waals surface area (Å²) in [5, 5.41) is 0. The van der Waals surface area contributed by atoms with Gasteiger partial charge in [-0.1, -0.05) is 19.3 Å². The average Bonchev–Trinajstić information content (AvgIpc) is 2.38. The molecule has 2 N–H and O–H groups in total. The van der Waals surface area contributed by atoms with E-state index in [4.69, 9.17) is 5.73 Å². The molecule has 1 aromatic rings. The number of nitrogen functional groups attached to an aromatic ring is 1. The van der Waals surface area contributed by atoms with Gasteiger partial charge in [0.15, 0.2) is 0 Å². The van der Waals surface area contributed by atoms with E-state index in [0.29, 0.717) is 17.4 Å². The highest BCUT2D eigenvalue weighted by Gasteiger charge is 2.23. The second kappa shape index (κ2) is 5.17. The van der Waals surface area contributed by atoms with Crippen LogP contribution in [0, 0.1) is 0 Å². The number of rotatable bonds is 2. The van der Waals surface area contributed by atoms with Crippen LogP contribution in [0.4, 0.5) is 5.69 Å². The van der Waals surface area contributed by atoms with E-state index in [-0.39, 0.29) is 5.91 Å². The zero-order valence-corrected chi connectivity index (χ0v) is 10.2. The second-order valence-corrected chi connectivity index (χ2v) is 4.68. The van der Waals surface area contributed by atoms with Crippen molar-refractivity contribution in [2.75, 3.05) is 12.8 Å². The maximum atomic E-state index is 12.2. The van der Waals surface area contributed by atoms with Crippen LogP contribution < -0.4 is 5.73 Å². The van der Waals surface area contributed by atoms with Crippen LogP contribution >= 0.6 is 0 Å². The third kappa shape index (κ3) is 2.75. The van der Waals surface area contributed by atoms with Crippen LogP contribution in [0.15, 0.2) is 18.3 Å². The first kappa shape index (κ1) is 11.9. The molecule has 1 aliphatic carbocycles. The Bertz CT molecular complexity index is 399. The first-order chi connectivity index (χ1) is 8.18. The van der Waals surface area contributed by atoms with Crippen LogP contribution in [0.5, 0.6) is 0 Å². The van der Waals surface area contributed by atoms with Crippen LogP contribution in [0.25, 0.3) is 0 Å². The molecule has 4 nitrogen and oxygen atoms in total. The molecule has 1 fully saturated rings. The molecule has 0 atom stereocenters. The molecule has 0 aliphatic heterocycles. The Balaban J connectivity index is 2.08. The minimum absolute atomic E-state index is 0.0239. The Morgan fingerprint density at radius 3 is 2.76 bits per heavy atom. The fraction of sp³-hybridized carbons (Fsp3) is 0.538. The lowest BCUT2D eigenvalue weighted by molar-refractivity contribution is 0.0690. The Morgan fingerprint density at radius 1 is 1.41 bits per heavy atom. The van der Waals surface area contributed by atoms with Crippen molar-refractivity contribution in [2.24, 2.45) is 0 Å². The van der Waals surface area contributed by atoms with Crippen LogP contribution in [0.1, 0.15) is 42.6 Å². The van der Waals surface area contributed by atoms with E-state index in [2.05, 4.69) is 4.98 Å². The van der Waals surface area contributed by atoms with Crippen molar-refractivity contribution >= 4 is 11.6 Å². The summed E-state index contributed by atoms with van der Waals surface area (Å²) in [7, 11) is 1.86. The fourth-order valence-electron chi connectivity index (χ4n) is 2.38. The minimum Gasteiger partial charge on any atom is -0.399 e. The van der Waals surface area contributed by atoms with Crippen molar-refractivity contribution in [3.63, 3.8) is 0 Å². The average molecular weight is 233 g/mol. The minimum atomic E-state index is -0.0239. The maximum Gasteiger partial charge on any atom is 0.272 e. The molecule has 2 rings (SSSR count). The van der Waals surface area contributed by atoms with Crippen LogP contribution in [-0.2, 0) is 0 Å². The first-order valence-corrected chi connectivity index (χ1v) is 6.17. The van der Waals surface area contributed by atoms with Gasteiger partial charge in [-0.2, -0.15) is 0 Å². The van der Waals surface area contributed by atoms with Gasteiger partial charge in [0.2, 0.25) is 0 Å². The SMILES string of the molecule is CN(C(=O)c1cc(N)ccn1)C1CCCCC1. The Kier molecular flexibility index (Phi) is 3.61. The van der Waals surface area contributed by atoms with E-state index in [1.165, 1.54) is 19.3 Å². The lowest BCUT2D eigenvalue weighted by Gasteiger charge is -2.31. The molecule has 1 amide bonds. The quantitative estimate of drug-likeness (QED) is 0.850. The number of aromatic nitrogens is 1. The van der Waals surface area contributed by atoms with Gasteiger partial charge in [-0.3, -0.25) is 9.78 Å². The van der Waals surface area contributed by atoms with Crippen LogP contribution in [0.2, 0.25) is 0 Å². The fourth-order valence-corrected chi connectivity index (χ4v) is 2.38. The molecular formula is C13H19N3O. The predicted octanol–water partition coefficient (Wildman–Crippen LogP) is 2.07. The number of amides is 1. The summed E-state index contributed by atoms with van der Waals surface area (Å²) in [5.41, 5.74) is 6.69. The summed E-state index contributed by atoms with van der Waals surface area (Å²) in [6.07, 6.45) is 7.50. The Hall–Kier alpha value is -1.58. The van der Waals surface area contributed by atoms with Gasteiger partial charge in [0.1, 0.15) is 5.69 Å². The van der Waals surface area contributed by atoms with Crippen molar-refractivity contribution in [3.8, 4) is 0 Å². The Labute approximate surface area is 102 Å². The number of nitrogens with zero attached hydrogens (tertiary/aromatic N) is 2. The van der Waals surface area contributed by atoms with E-state index in [9.17, 15) is 4.79 Å². The summed E-state index contributed by atoms with van der Waals surface area (Å²) < 4.78 is 0. The largest absolute Gasteiger partial charge is 0.399 e. The van der Waals surface area contributed by atoms with Crippen molar-refractivity contribution in [1.82, 2.24) is 9.88 Å². The number of nitrogens with two attached hydrogens (primary N) is 1. The third-order valence-electron chi connectivity index (χ3n) is 3.45. The van der Waals surface area contributed by atoms with E-state index in [1.54, 1.807) is 18.3 Å². The Morgan fingerprint density at radius 2 is 2.12 bits per heavy atom. The molecule has 17 heavy (non-hydrogen) atoms. The monoisotopic (exact) mass is 233 g/mol. The number of hydrogen-bond acceptors (Lipinski definition) is 3. The van der Waals surface area contributed by atoms with E-state index >= 15 is 0 Å². The standard InChI is InChI=1S/C13H19N3O/c1-16(11-5-3-2-4-6-11)13(17)12-9-10(14)7-8-15-12/h7-9,11H,2-6H2,1H3,(H2,14,15). The first-order valence-electron chi connectivity index (χ1n) is 6.17. The highest BCUT2D eigenvalue weighted by molar-refractivity contribution is 5.93. The smallest absolute Gasteiger partial charge is 0.272 e. The van der Waals surface area contributed by atoms with Crippen LogP contribution in [0.3, 0.4) is 0 Å². The summed E-state index contributed by atoms with van der Waals surface area (Å²) >= 11 is 0. The molecule has 0 unspecified atom stereocenters. The van der Waals surface area contributed by atoms with Gasteiger partial charge < -0.3 is 10.6 Å². The van der Waals surface area contributed by atoms with Gasteiger partial charge in [0.05, 0.1) is 0 Å². The van der Waals surface area contributed by atoms with Gasteiger partial charge in [0, 0.05) is 25.0 Å². The van der Waals surface area contributed by atoms with E-state index < -0.39 is 0 Å². The van der Waals surface area contributed by atoms with Crippen molar-refractivity contribution in [1.29, 1.82) is 0 Å². The second-order valence-electron chi connectivity index (χ2n) is 4.68. The lowest BCUT2D eigenvalue weighted by Crippen LogP contribution is -2.38. The number of pyridine rings is 1. The zero-order valence-electron chi connectivity index (χ0n) is 10.2. The molecular weight excluding hydrogens is 214 g/mol. The molecule has 0 aromatic carbocycles. The molecule has 1 aliphatic rings. The predicted molar refractivity (Wildman–Crippen MR) is 67.6 cm³/mol. The van der Waals surface area contributed by atoms with Gasteiger partial charge >= 0.3 is 0 Å². The molecule has 1 aromatic heterocycles. The number of hydrogen-bond donors (Lipinski definition) is 1. The maximum absolute atomic E-state index is 12.2. The molecule has 0 bridgehead atoms. The molecule has 1 saturated carbocycles. The third-order valence-corrected chi connectivity index (χ3v) is 3.45. The highest BCUT2D eigenvalue weighted by Crippen LogP contribution is 2.22. The summed E-state index contributed by atoms with van der Waals surface area (Å²) in [6.45, 7) is 0. The van der Waals surface area contributed by atoms with Gasteiger partial charge in [-0.25, -0.2) is 0 Å². The zero-order chi connectivity index (χ0) is 12.3. The molecule has 0 spiro atoms. The molecule has 92 valence electrons. The normalized spacial score (nSPS) is 16.8.